The Morgan fingerprint density at radius 2 is 2.00 bits per heavy atom. The summed E-state index contributed by atoms with van der Waals surface area (Å²) in [5.41, 5.74) is 6.42. The van der Waals surface area contributed by atoms with Gasteiger partial charge in [-0.3, -0.25) is 4.79 Å². The van der Waals surface area contributed by atoms with Crippen LogP contribution in [0.2, 0.25) is 0 Å². The number of ether oxygens (including phenoxy) is 1. The molecule has 7 heteroatoms. The van der Waals surface area contributed by atoms with E-state index in [0.717, 1.165) is 18.4 Å². The molecule has 0 saturated heterocycles. The zero-order valence-electron chi connectivity index (χ0n) is 14.2. The van der Waals surface area contributed by atoms with Gasteiger partial charge in [-0.15, -0.1) is 0 Å². The van der Waals surface area contributed by atoms with E-state index in [0.29, 0.717) is 17.6 Å². The normalized spacial score (nSPS) is 16.3. The van der Waals surface area contributed by atoms with Crippen molar-refractivity contribution in [1.29, 1.82) is 0 Å². The van der Waals surface area contributed by atoms with Crippen LogP contribution < -0.4 is 11.1 Å². The molecule has 0 spiro atoms. The maximum atomic E-state index is 13.1. The van der Waals surface area contributed by atoms with Crippen molar-refractivity contribution in [2.45, 2.75) is 37.8 Å². The number of hydrogen-bond donors (Lipinski definition) is 2. The molecule has 2 aromatic rings. The molecule has 3 N–H and O–H groups in total. The molecule has 0 aliphatic heterocycles. The monoisotopic (exact) mass is 344 g/mol. The van der Waals surface area contributed by atoms with E-state index in [2.05, 4.69) is 15.3 Å². The van der Waals surface area contributed by atoms with Gasteiger partial charge in [0, 0.05) is 19.1 Å². The summed E-state index contributed by atoms with van der Waals surface area (Å²) in [6, 6.07) is 7.54. The molecule has 1 amide bonds. The van der Waals surface area contributed by atoms with Crippen LogP contribution in [0.3, 0.4) is 0 Å². The summed E-state index contributed by atoms with van der Waals surface area (Å²) in [6.45, 7) is 1.93. The minimum absolute atomic E-state index is 0.168. The summed E-state index contributed by atoms with van der Waals surface area (Å²) in [7, 11) is 1.59. The zero-order chi connectivity index (χ0) is 18.0. The molecule has 1 fully saturated rings. The zero-order valence-corrected chi connectivity index (χ0v) is 14.2. The van der Waals surface area contributed by atoms with E-state index in [1.54, 1.807) is 25.3 Å². The van der Waals surface area contributed by atoms with Crippen LogP contribution in [0.4, 0.5) is 10.2 Å². The number of nitrogens with zero attached hydrogens (tertiary/aromatic N) is 2. The molecule has 6 nitrogen and oxygen atoms in total. The van der Waals surface area contributed by atoms with Crippen molar-refractivity contribution in [1.82, 2.24) is 9.97 Å². The second kappa shape index (κ2) is 7.14. The molecule has 1 aliphatic rings. The van der Waals surface area contributed by atoms with Crippen molar-refractivity contribution in [2.24, 2.45) is 5.73 Å². The Labute approximate surface area is 145 Å². The second-order valence-corrected chi connectivity index (χ2v) is 6.28. The van der Waals surface area contributed by atoms with Gasteiger partial charge in [0.1, 0.15) is 29.3 Å². The fraction of sp³-hybridized carbons (Fsp3) is 0.389. The SMILES string of the molecule is COC(c1ccc(F)cc1)C(C)Nc1cc(C(N)=O)nc(C2CC2)n1. The average Bonchev–Trinajstić information content (AvgIpc) is 3.42. The first-order chi connectivity index (χ1) is 12.0. The maximum Gasteiger partial charge on any atom is 0.267 e. The number of nitrogens with two attached hydrogens (primary N) is 1. The van der Waals surface area contributed by atoms with Gasteiger partial charge in [0.15, 0.2) is 0 Å². The smallest absolute Gasteiger partial charge is 0.267 e. The molecule has 1 saturated carbocycles. The van der Waals surface area contributed by atoms with E-state index >= 15 is 0 Å². The quantitative estimate of drug-likeness (QED) is 0.806. The van der Waals surface area contributed by atoms with Crippen molar-refractivity contribution in [2.75, 3.05) is 12.4 Å². The standard InChI is InChI=1S/C18H21FN4O2/c1-10(16(25-2)11-5-7-13(19)8-6-11)21-15-9-14(17(20)24)22-18(23-15)12-3-4-12/h5-10,12,16H,3-4H2,1-2H3,(H2,20,24)(H,21,22,23). The van der Waals surface area contributed by atoms with Gasteiger partial charge in [0.05, 0.1) is 6.04 Å². The van der Waals surface area contributed by atoms with Gasteiger partial charge in [-0.05, 0) is 37.5 Å². The van der Waals surface area contributed by atoms with Crippen molar-refractivity contribution in [3.05, 3.63) is 53.2 Å². The molecule has 2 unspecified atom stereocenters. The van der Waals surface area contributed by atoms with Crippen molar-refractivity contribution in [3.63, 3.8) is 0 Å². The summed E-state index contributed by atoms with van der Waals surface area (Å²) in [5, 5.41) is 3.25. The highest BCUT2D eigenvalue weighted by atomic mass is 19.1. The average molecular weight is 344 g/mol. The Balaban J connectivity index is 1.82. The number of nitrogens with one attached hydrogen (secondary N) is 1. The third-order valence-electron chi connectivity index (χ3n) is 4.22. The predicted molar refractivity (Wildman–Crippen MR) is 91.8 cm³/mol. The van der Waals surface area contributed by atoms with Crippen molar-refractivity contribution >= 4 is 11.7 Å². The number of primary amides is 1. The molecular weight excluding hydrogens is 323 g/mol. The number of halogens is 1. The Kier molecular flexibility index (Phi) is 4.94. The van der Waals surface area contributed by atoms with Crippen molar-refractivity contribution in [3.8, 4) is 0 Å². The summed E-state index contributed by atoms with van der Waals surface area (Å²) in [6.07, 6.45) is 1.73. The van der Waals surface area contributed by atoms with Gasteiger partial charge in [-0.25, -0.2) is 14.4 Å². The van der Waals surface area contributed by atoms with Gasteiger partial charge in [-0.1, -0.05) is 12.1 Å². The lowest BCUT2D eigenvalue weighted by molar-refractivity contribution is 0.0906. The molecule has 0 bridgehead atoms. The van der Waals surface area contributed by atoms with E-state index in [1.807, 2.05) is 6.92 Å². The lowest BCUT2D eigenvalue weighted by atomic mass is 10.0. The largest absolute Gasteiger partial charge is 0.375 e. The van der Waals surface area contributed by atoms with Gasteiger partial charge >= 0.3 is 0 Å². The highest BCUT2D eigenvalue weighted by Crippen LogP contribution is 2.38. The minimum Gasteiger partial charge on any atom is -0.375 e. The first-order valence-corrected chi connectivity index (χ1v) is 8.21. The van der Waals surface area contributed by atoms with Gasteiger partial charge in [0.2, 0.25) is 0 Å². The van der Waals surface area contributed by atoms with Crippen molar-refractivity contribution < 1.29 is 13.9 Å². The summed E-state index contributed by atoms with van der Waals surface area (Å²) in [4.78, 5) is 20.3. The Morgan fingerprint density at radius 3 is 2.56 bits per heavy atom. The number of benzene rings is 1. The van der Waals surface area contributed by atoms with Crippen LogP contribution >= 0.6 is 0 Å². The van der Waals surface area contributed by atoms with E-state index < -0.39 is 5.91 Å². The fourth-order valence-corrected chi connectivity index (χ4v) is 2.78. The molecular formula is C18H21FN4O2. The van der Waals surface area contributed by atoms with Crippen LogP contribution in [0.15, 0.2) is 30.3 Å². The Morgan fingerprint density at radius 1 is 1.32 bits per heavy atom. The van der Waals surface area contributed by atoms with Crippen LogP contribution in [0.1, 0.15) is 53.7 Å². The highest BCUT2D eigenvalue weighted by molar-refractivity contribution is 5.91. The van der Waals surface area contributed by atoms with E-state index in [9.17, 15) is 9.18 Å². The number of carbonyl (C=O) groups excluding carboxylic acids is 1. The molecule has 2 atom stereocenters. The van der Waals surface area contributed by atoms with Gasteiger partial charge in [0.25, 0.3) is 5.91 Å². The summed E-state index contributed by atoms with van der Waals surface area (Å²) in [5.74, 6) is 0.589. The predicted octanol–water partition coefficient (Wildman–Crippen LogP) is 2.78. The molecule has 1 heterocycles. The number of rotatable bonds is 7. The fourth-order valence-electron chi connectivity index (χ4n) is 2.78. The summed E-state index contributed by atoms with van der Waals surface area (Å²) < 4.78 is 18.7. The van der Waals surface area contributed by atoms with Gasteiger partial charge < -0.3 is 15.8 Å². The number of aromatic nitrogens is 2. The molecule has 1 aromatic heterocycles. The van der Waals surface area contributed by atoms with Crippen LogP contribution in [0.25, 0.3) is 0 Å². The number of carbonyl (C=O) groups is 1. The lowest BCUT2D eigenvalue weighted by Gasteiger charge is -2.25. The Hall–Kier alpha value is -2.54. The summed E-state index contributed by atoms with van der Waals surface area (Å²) >= 11 is 0. The first kappa shape index (κ1) is 17.3. The third kappa shape index (κ3) is 4.11. The highest BCUT2D eigenvalue weighted by Gasteiger charge is 2.28. The van der Waals surface area contributed by atoms with E-state index in [4.69, 9.17) is 10.5 Å². The van der Waals surface area contributed by atoms with Crippen LogP contribution in [-0.4, -0.2) is 29.0 Å². The van der Waals surface area contributed by atoms with Crippen LogP contribution in [0, 0.1) is 5.82 Å². The molecule has 3 rings (SSSR count). The second-order valence-electron chi connectivity index (χ2n) is 6.28. The van der Waals surface area contributed by atoms with E-state index in [1.165, 1.54) is 12.1 Å². The molecule has 25 heavy (non-hydrogen) atoms. The molecule has 132 valence electrons. The number of anilines is 1. The maximum absolute atomic E-state index is 13.1. The number of hydrogen-bond acceptors (Lipinski definition) is 5. The van der Waals surface area contributed by atoms with E-state index in [-0.39, 0.29) is 23.7 Å². The van der Waals surface area contributed by atoms with Crippen LogP contribution in [0.5, 0.6) is 0 Å². The number of amides is 1. The molecule has 0 radical (unpaired) electrons. The van der Waals surface area contributed by atoms with Crippen LogP contribution in [-0.2, 0) is 4.74 Å². The topological polar surface area (TPSA) is 90.1 Å². The molecule has 1 aliphatic carbocycles. The Bertz CT molecular complexity index is 762. The first-order valence-electron chi connectivity index (χ1n) is 8.21. The lowest BCUT2D eigenvalue weighted by Crippen LogP contribution is -2.27. The number of methoxy groups -OCH3 is 1. The molecule has 1 aromatic carbocycles. The minimum atomic E-state index is -0.582. The third-order valence-corrected chi connectivity index (χ3v) is 4.22. The van der Waals surface area contributed by atoms with Gasteiger partial charge in [-0.2, -0.15) is 0 Å².